The second-order valence-corrected chi connectivity index (χ2v) is 7.16. The van der Waals surface area contributed by atoms with Gasteiger partial charge in [0, 0.05) is 11.3 Å². The molecule has 27 heavy (non-hydrogen) atoms. The first-order valence-electron chi connectivity index (χ1n) is 7.13. The molecule has 0 saturated heterocycles. The van der Waals surface area contributed by atoms with E-state index in [1.807, 2.05) is 4.72 Å². The number of sulfonamides is 1. The van der Waals surface area contributed by atoms with E-state index in [4.69, 9.17) is 0 Å². The van der Waals surface area contributed by atoms with Crippen LogP contribution in [0.1, 0.15) is 28.4 Å². The van der Waals surface area contributed by atoms with Gasteiger partial charge in [0.1, 0.15) is 0 Å². The molecule has 11 heteroatoms. The molecule has 0 atom stereocenters. The third-order valence-corrected chi connectivity index (χ3v) is 4.78. The van der Waals surface area contributed by atoms with Crippen molar-refractivity contribution >= 4 is 21.5 Å². The van der Waals surface area contributed by atoms with Crippen LogP contribution in [0.4, 0.5) is 32.0 Å². The Hall–Kier alpha value is -2.56. The molecule has 0 aliphatic carbocycles. The predicted molar refractivity (Wildman–Crippen MR) is 83.7 cm³/mol. The number of alkyl halides is 6. The number of carbonyl (C=O) groups excluding carboxylic acids is 1. The fourth-order valence-corrected chi connectivity index (χ4v) is 3.20. The molecule has 0 aliphatic rings. The summed E-state index contributed by atoms with van der Waals surface area (Å²) >= 11 is 0. The highest BCUT2D eigenvalue weighted by molar-refractivity contribution is 7.92. The third kappa shape index (κ3) is 5.00. The van der Waals surface area contributed by atoms with Crippen molar-refractivity contribution in [1.29, 1.82) is 0 Å². The van der Waals surface area contributed by atoms with Crippen molar-refractivity contribution in [2.24, 2.45) is 0 Å². The summed E-state index contributed by atoms with van der Waals surface area (Å²) in [5, 5.41) is 0. The lowest BCUT2D eigenvalue weighted by molar-refractivity contribution is -0.143. The molecule has 0 aliphatic heterocycles. The average molecular weight is 411 g/mol. The summed E-state index contributed by atoms with van der Waals surface area (Å²) in [6.45, 7) is 1.26. The zero-order chi connectivity index (χ0) is 20.6. The molecule has 2 aromatic rings. The topological polar surface area (TPSA) is 63.2 Å². The van der Waals surface area contributed by atoms with Crippen molar-refractivity contribution in [3.63, 3.8) is 0 Å². The van der Waals surface area contributed by atoms with Crippen LogP contribution in [0.3, 0.4) is 0 Å². The fraction of sp³-hybridized carbons (Fsp3) is 0.188. The number of hydrogen-bond donors (Lipinski definition) is 1. The van der Waals surface area contributed by atoms with Crippen LogP contribution in [0.15, 0.2) is 47.4 Å². The molecule has 0 aromatic heterocycles. The van der Waals surface area contributed by atoms with E-state index in [2.05, 4.69) is 0 Å². The van der Waals surface area contributed by atoms with Gasteiger partial charge in [0.05, 0.1) is 16.0 Å². The molecule has 0 amide bonds. The Morgan fingerprint density at radius 1 is 0.852 bits per heavy atom. The second kappa shape index (κ2) is 6.87. The van der Waals surface area contributed by atoms with Crippen LogP contribution in [0, 0.1) is 0 Å². The predicted octanol–water partition coefficient (Wildman–Crippen LogP) is 4.73. The Morgan fingerprint density at radius 3 is 1.67 bits per heavy atom. The van der Waals surface area contributed by atoms with Crippen molar-refractivity contribution in [2.45, 2.75) is 24.2 Å². The first-order valence-corrected chi connectivity index (χ1v) is 8.62. The third-order valence-electron chi connectivity index (χ3n) is 3.42. The zero-order valence-corrected chi connectivity index (χ0v) is 14.3. The lowest BCUT2D eigenvalue weighted by Crippen LogP contribution is -2.17. The molecule has 2 aromatic carbocycles. The van der Waals surface area contributed by atoms with Crippen LogP contribution in [0.5, 0.6) is 0 Å². The van der Waals surface area contributed by atoms with Crippen molar-refractivity contribution in [2.75, 3.05) is 4.72 Å². The maximum atomic E-state index is 12.9. The molecule has 0 saturated carbocycles. The smallest absolute Gasteiger partial charge is 0.295 e. The van der Waals surface area contributed by atoms with Crippen molar-refractivity contribution in [3.8, 4) is 0 Å². The molecule has 0 heterocycles. The van der Waals surface area contributed by atoms with Crippen molar-refractivity contribution < 1.29 is 39.6 Å². The first-order chi connectivity index (χ1) is 12.2. The molecular weight excluding hydrogens is 400 g/mol. The van der Waals surface area contributed by atoms with Crippen LogP contribution in [-0.4, -0.2) is 14.2 Å². The van der Waals surface area contributed by atoms with Crippen LogP contribution in [-0.2, 0) is 22.4 Å². The van der Waals surface area contributed by atoms with Gasteiger partial charge in [-0.25, -0.2) is 8.42 Å². The summed E-state index contributed by atoms with van der Waals surface area (Å²) in [6, 6.07) is 4.89. The quantitative estimate of drug-likeness (QED) is 0.585. The number of benzene rings is 2. The lowest BCUT2D eigenvalue weighted by Gasteiger charge is -2.15. The van der Waals surface area contributed by atoms with Gasteiger partial charge in [-0.3, -0.25) is 9.52 Å². The average Bonchev–Trinajstić information content (AvgIpc) is 2.53. The molecule has 0 spiro atoms. The molecule has 146 valence electrons. The monoisotopic (exact) mass is 411 g/mol. The summed E-state index contributed by atoms with van der Waals surface area (Å²) in [7, 11) is -4.75. The number of Topliss-reactive ketones (excluding diaryl/α,β-unsaturated/α-hetero) is 1. The number of halogens is 6. The number of hydrogen-bond acceptors (Lipinski definition) is 3. The highest BCUT2D eigenvalue weighted by Crippen LogP contribution is 2.37. The SMILES string of the molecule is CC(=O)c1ccc(NS(=O)(=O)c2cc(C(F)(F)F)cc(C(F)(F)F)c2)cc1. The minimum atomic E-state index is -5.17. The Morgan fingerprint density at radius 2 is 1.30 bits per heavy atom. The van der Waals surface area contributed by atoms with Gasteiger partial charge in [-0.15, -0.1) is 0 Å². The normalized spacial score (nSPS) is 12.7. The van der Waals surface area contributed by atoms with Crippen molar-refractivity contribution in [3.05, 3.63) is 59.2 Å². The highest BCUT2D eigenvalue weighted by atomic mass is 32.2. The van der Waals surface area contributed by atoms with Gasteiger partial charge in [-0.1, -0.05) is 0 Å². The molecule has 1 N–H and O–H groups in total. The van der Waals surface area contributed by atoms with Crippen molar-refractivity contribution in [1.82, 2.24) is 0 Å². The Balaban J connectivity index is 2.49. The summed E-state index contributed by atoms with van der Waals surface area (Å²) < 4.78 is 104. The molecule has 0 unspecified atom stereocenters. The van der Waals surface area contributed by atoms with Crippen LogP contribution in [0.25, 0.3) is 0 Å². The Kier molecular flexibility index (Phi) is 5.28. The van der Waals surface area contributed by atoms with E-state index in [-0.39, 0.29) is 35.2 Å². The molecule has 2 rings (SSSR count). The molecule has 0 radical (unpaired) electrons. The van der Waals surface area contributed by atoms with Gasteiger partial charge in [0.15, 0.2) is 5.78 Å². The standard InChI is InChI=1S/C16H11F6NO3S/c1-9(24)10-2-4-13(5-3-10)23-27(25,26)14-7-11(15(17,18)19)6-12(8-14)16(20,21)22/h2-8,23H,1H3. The van der Waals surface area contributed by atoms with Gasteiger partial charge in [-0.05, 0) is 49.4 Å². The van der Waals surface area contributed by atoms with E-state index >= 15 is 0 Å². The number of carbonyl (C=O) groups is 1. The van der Waals surface area contributed by atoms with Crippen LogP contribution in [0.2, 0.25) is 0 Å². The second-order valence-electron chi connectivity index (χ2n) is 5.48. The first kappa shape index (κ1) is 20.7. The van der Waals surface area contributed by atoms with E-state index in [0.717, 1.165) is 12.1 Å². The molecule has 0 bridgehead atoms. The van der Waals surface area contributed by atoms with Crippen LogP contribution < -0.4 is 4.72 Å². The van der Waals surface area contributed by atoms with E-state index in [9.17, 15) is 39.6 Å². The molecule has 0 fully saturated rings. The number of ketones is 1. The maximum absolute atomic E-state index is 12.9. The molecule has 4 nitrogen and oxygen atoms in total. The van der Waals surface area contributed by atoms with E-state index < -0.39 is 38.4 Å². The summed E-state index contributed by atoms with van der Waals surface area (Å²) in [6.07, 6.45) is -10.3. The number of anilines is 1. The minimum Gasteiger partial charge on any atom is -0.295 e. The number of nitrogens with one attached hydrogen (secondary N) is 1. The van der Waals surface area contributed by atoms with E-state index in [1.165, 1.54) is 19.1 Å². The molecular formula is C16H11F6NO3S. The van der Waals surface area contributed by atoms with E-state index in [1.54, 1.807) is 0 Å². The Bertz CT molecular complexity index is 931. The Labute approximate surface area is 149 Å². The van der Waals surface area contributed by atoms with Gasteiger partial charge in [0.25, 0.3) is 10.0 Å². The minimum absolute atomic E-state index is 0.113. The van der Waals surface area contributed by atoms with Gasteiger partial charge in [-0.2, -0.15) is 26.3 Å². The maximum Gasteiger partial charge on any atom is 0.416 e. The largest absolute Gasteiger partial charge is 0.416 e. The van der Waals surface area contributed by atoms with E-state index in [0.29, 0.717) is 0 Å². The lowest BCUT2D eigenvalue weighted by atomic mass is 10.1. The fourth-order valence-electron chi connectivity index (χ4n) is 2.07. The van der Waals surface area contributed by atoms with Gasteiger partial charge in [0.2, 0.25) is 0 Å². The van der Waals surface area contributed by atoms with Gasteiger partial charge >= 0.3 is 12.4 Å². The number of rotatable bonds is 4. The van der Waals surface area contributed by atoms with Crippen LogP contribution >= 0.6 is 0 Å². The highest BCUT2D eigenvalue weighted by Gasteiger charge is 2.38. The summed E-state index contributed by atoms with van der Waals surface area (Å²) in [5.74, 6) is -0.308. The van der Waals surface area contributed by atoms with Gasteiger partial charge < -0.3 is 0 Å². The summed E-state index contributed by atoms with van der Waals surface area (Å²) in [4.78, 5) is 9.98. The summed E-state index contributed by atoms with van der Waals surface area (Å²) in [5.41, 5.74) is -3.38. The zero-order valence-electron chi connectivity index (χ0n) is 13.4.